The zero-order valence-electron chi connectivity index (χ0n) is 12.9. The highest BCUT2D eigenvalue weighted by atomic mass is 35.5. The van der Waals surface area contributed by atoms with E-state index in [4.69, 9.17) is 23.2 Å². The van der Waals surface area contributed by atoms with Crippen molar-refractivity contribution in [2.75, 3.05) is 6.54 Å². The third-order valence-corrected chi connectivity index (χ3v) is 4.66. The lowest BCUT2D eigenvalue weighted by atomic mass is 9.92. The molecular formula is C16H23Cl3N2O. The Labute approximate surface area is 148 Å². The van der Waals surface area contributed by atoms with Crippen molar-refractivity contribution in [1.29, 1.82) is 0 Å². The molecule has 0 saturated carbocycles. The number of halogens is 3. The summed E-state index contributed by atoms with van der Waals surface area (Å²) in [6.07, 6.45) is 2.44. The molecule has 6 heteroatoms. The molecule has 1 unspecified atom stereocenters. The molecule has 2 N–H and O–H groups in total. The van der Waals surface area contributed by atoms with Gasteiger partial charge in [0.15, 0.2) is 0 Å². The Morgan fingerprint density at radius 1 is 1.41 bits per heavy atom. The van der Waals surface area contributed by atoms with E-state index in [1.807, 2.05) is 25.1 Å². The minimum atomic E-state index is 0. The summed E-state index contributed by atoms with van der Waals surface area (Å²) in [5.41, 5.74) is 0.896. The number of hydrogen-bond donors (Lipinski definition) is 2. The van der Waals surface area contributed by atoms with Crippen LogP contribution < -0.4 is 10.6 Å². The fourth-order valence-electron chi connectivity index (χ4n) is 2.82. The van der Waals surface area contributed by atoms with Gasteiger partial charge in [0.1, 0.15) is 0 Å². The molecular weight excluding hydrogens is 343 g/mol. The van der Waals surface area contributed by atoms with Crippen LogP contribution in [-0.4, -0.2) is 24.5 Å². The SMILES string of the molecule is CC(Cc1c(Cl)cccc1Cl)NC(=O)[C@H]1CCN[C@@H](C)C1.Cl. The summed E-state index contributed by atoms with van der Waals surface area (Å²) >= 11 is 12.3. The third-order valence-electron chi connectivity index (χ3n) is 3.96. The van der Waals surface area contributed by atoms with Crippen molar-refractivity contribution in [3.8, 4) is 0 Å². The highest BCUT2D eigenvalue weighted by Crippen LogP contribution is 2.25. The third kappa shape index (κ3) is 5.31. The van der Waals surface area contributed by atoms with Crippen LogP contribution in [0.1, 0.15) is 32.3 Å². The summed E-state index contributed by atoms with van der Waals surface area (Å²) in [5.74, 6) is 0.240. The number of carbonyl (C=O) groups excluding carboxylic acids is 1. The van der Waals surface area contributed by atoms with Crippen LogP contribution in [0.15, 0.2) is 18.2 Å². The highest BCUT2D eigenvalue weighted by molar-refractivity contribution is 6.36. The first kappa shape index (κ1) is 19.6. The molecule has 22 heavy (non-hydrogen) atoms. The molecule has 3 nitrogen and oxygen atoms in total. The summed E-state index contributed by atoms with van der Waals surface area (Å²) in [5, 5.41) is 7.75. The lowest BCUT2D eigenvalue weighted by Gasteiger charge is -2.28. The van der Waals surface area contributed by atoms with Crippen LogP contribution in [0, 0.1) is 5.92 Å². The van der Waals surface area contributed by atoms with Gasteiger partial charge in [-0.25, -0.2) is 0 Å². The molecule has 124 valence electrons. The normalized spacial score (nSPS) is 22.5. The topological polar surface area (TPSA) is 41.1 Å². The van der Waals surface area contributed by atoms with Crippen LogP contribution in [0.25, 0.3) is 0 Å². The van der Waals surface area contributed by atoms with Crippen molar-refractivity contribution in [2.24, 2.45) is 5.92 Å². The Morgan fingerprint density at radius 3 is 2.64 bits per heavy atom. The number of rotatable bonds is 4. The minimum absolute atomic E-state index is 0. The fourth-order valence-corrected chi connectivity index (χ4v) is 3.37. The fraction of sp³-hybridized carbons (Fsp3) is 0.562. The van der Waals surface area contributed by atoms with Crippen LogP contribution in [0.2, 0.25) is 10.0 Å². The molecule has 1 amide bonds. The second-order valence-corrected chi connectivity index (χ2v) is 6.70. The molecule has 1 aromatic rings. The van der Waals surface area contributed by atoms with Crippen molar-refractivity contribution >= 4 is 41.5 Å². The summed E-state index contributed by atoms with van der Waals surface area (Å²) in [6.45, 7) is 5.01. The van der Waals surface area contributed by atoms with Gasteiger partial charge in [-0.2, -0.15) is 0 Å². The molecule has 1 fully saturated rings. The monoisotopic (exact) mass is 364 g/mol. The van der Waals surface area contributed by atoms with Crippen LogP contribution in [-0.2, 0) is 11.2 Å². The lowest BCUT2D eigenvalue weighted by Crippen LogP contribution is -2.45. The Morgan fingerprint density at radius 2 is 2.05 bits per heavy atom. The standard InChI is InChI=1S/C16H22Cl2N2O.ClH/c1-10-8-12(6-7-19-10)16(21)20-11(2)9-13-14(17)4-3-5-15(13)18;/h3-5,10-12,19H,6-9H2,1-2H3,(H,20,21);1H/t10-,11?,12-;/m0./s1. The average Bonchev–Trinajstić information content (AvgIpc) is 2.43. The van der Waals surface area contributed by atoms with Crippen LogP contribution in [0.3, 0.4) is 0 Å². The van der Waals surface area contributed by atoms with E-state index in [9.17, 15) is 4.79 Å². The van der Waals surface area contributed by atoms with Gasteiger partial charge in [0, 0.05) is 28.0 Å². The van der Waals surface area contributed by atoms with Crippen molar-refractivity contribution in [3.63, 3.8) is 0 Å². The first-order valence-electron chi connectivity index (χ1n) is 7.44. The van der Waals surface area contributed by atoms with E-state index in [0.29, 0.717) is 22.5 Å². The highest BCUT2D eigenvalue weighted by Gasteiger charge is 2.25. The molecule has 1 aliphatic rings. The van der Waals surface area contributed by atoms with Gasteiger partial charge in [-0.05, 0) is 57.4 Å². The lowest BCUT2D eigenvalue weighted by molar-refractivity contribution is -0.126. The number of nitrogens with one attached hydrogen (secondary N) is 2. The second-order valence-electron chi connectivity index (χ2n) is 5.89. The van der Waals surface area contributed by atoms with Crippen LogP contribution in [0.5, 0.6) is 0 Å². The quantitative estimate of drug-likeness (QED) is 0.851. The molecule has 0 radical (unpaired) electrons. The Kier molecular flexibility index (Phi) is 7.98. The number of amides is 1. The molecule has 1 saturated heterocycles. The molecule has 2 rings (SSSR count). The Hall–Kier alpha value is -0.480. The number of piperidine rings is 1. The van der Waals surface area contributed by atoms with Crippen LogP contribution in [0.4, 0.5) is 0 Å². The zero-order chi connectivity index (χ0) is 15.4. The van der Waals surface area contributed by atoms with E-state index in [0.717, 1.165) is 24.9 Å². The maximum atomic E-state index is 12.3. The predicted molar refractivity (Wildman–Crippen MR) is 95.2 cm³/mol. The summed E-state index contributed by atoms with van der Waals surface area (Å²) < 4.78 is 0. The van der Waals surface area contributed by atoms with Gasteiger partial charge in [-0.1, -0.05) is 29.3 Å². The first-order valence-corrected chi connectivity index (χ1v) is 8.19. The largest absolute Gasteiger partial charge is 0.353 e. The molecule has 1 aliphatic heterocycles. The molecule has 0 bridgehead atoms. The summed E-state index contributed by atoms with van der Waals surface area (Å²) in [6, 6.07) is 5.90. The predicted octanol–water partition coefficient (Wildman–Crippen LogP) is 3.85. The molecule has 0 aromatic heterocycles. The van der Waals surface area contributed by atoms with E-state index < -0.39 is 0 Å². The van der Waals surface area contributed by atoms with Gasteiger partial charge in [0.25, 0.3) is 0 Å². The Balaban J connectivity index is 0.00000242. The molecule has 0 aliphatic carbocycles. The summed E-state index contributed by atoms with van der Waals surface area (Å²) in [7, 11) is 0. The summed E-state index contributed by atoms with van der Waals surface area (Å²) in [4.78, 5) is 12.3. The molecule has 1 heterocycles. The average molecular weight is 366 g/mol. The van der Waals surface area contributed by atoms with E-state index in [1.54, 1.807) is 0 Å². The van der Waals surface area contributed by atoms with Crippen molar-refractivity contribution < 1.29 is 4.79 Å². The van der Waals surface area contributed by atoms with Gasteiger partial charge in [-0.3, -0.25) is 4.79 Å². The molecule has 3 atom stereocenters. The number of carbonyl (C=O) groups is 1. The van der Waals surface area contributed by atoms with Gasteiger partial charge >= 0.3 is 0 Å². The van der Waals surface area contributed by atoms with E-state index in [-0.39, 0.29) is 30.3 Å². The maximum absolute atomic E-state index is 12.3. The Bertz CT molecular complexity index is 490. The van der Waals surface area contributed by atoms with Gasteiger partial charge in [0.05, 0.1) is 0 Å². The zero-order valence-corrected chi connectivity index (χ0v) is 15.2. The number of benzene rings is 1. The van der Waals surface area contributed by atoms with E-state index in [1.165, 1.54) is 0 Å². The smallest absolute Gasteiger partial charge is 0.223 e. The first-order chi connectivity index (χ1) is 9.97. The minimum Gasteiger partial charge on any atom is -0.353 e. The van der Waals surface area contributed by atoms with E-state index in [2.05, 4.69) is 17.6 Å². The van der Waals surface area contributed by atoms with Gasteiger partial charge in [-0.15, -0.1) is 12.4 Å². The van der Waals surface area contributed by atoms with Crippen molar-refractivity contribution in [3.05, 3.63) is 33.8 Å². The second kappa shape index (κ2) is 8.97. The van der Waals surface area contributed by atoms with Crippen molar-refractivity contribution in [2.45, 2.75) is 45.2 Å². The van der Waals surface area contributed by atoms with Gasteiger partial charge < -0.3 is 10.6 Å². The molecule has 0 spiro atoms. The van der Waals surface area contributed by atoms with Crippen molar-refractivity contribution in [1.82, 2.24) is 10.6 Å². The number of hydrogen-bond acceptors (Lipinski definition) is 2. The van der Waals surface area contributed by atoms with Crippen LogP contribution >= 0.6 is 35.6 Å². The molecule has 1 aromatic carbocycles. The van der Waals surface area contributed by atoms with E-state index >= 15 is 0 Å². The van der Waals surface area contributed by atoms with Gasteiger partial charge in [0.2, 0.25) is 5.91 Å². The maximum Gasteiger partial charge on any atom is 0.223 e.